The summed E-state index contributed by atoms with van der Waals surface area (Å²) in [6.07, 6.45) is 14.7. The number of allylic oxidation sites excluding steroid dienone is 5. The van der Waals surface area contributed by atoms with Gasteiger partial charge in [-0.1, -0.05) is 31.1 Å². The monoisotopic (exact) mass is 658 g/mol. The second kappa shape index (κ2) is 15.2. The normalized spacial score (nSPS) is 46.0. The van der Waals surface area contributed by atoms with Gasteiger partial charge in [0.25, 0.3) is 0 Å². The van der Waals surface area contributed by atoms with Crippen LogP contribution in [0.4, 0.5) is 0 Å². The van der Waals surface area contributed by atoms with Crippen molar-refractivity contribution >= 4 is 6.29 Å². The van der Waals surface area contributed by atoms with Gasteiger partial charge in [-0.3, -0.25) is 4.79 Å². The van der Waals surface area contributed by atoms with Crippen LogP contribution in [-0.4, -0.2) is 88.2 Å². The fourth-order valence-electron chi connectivity index (χ4n) is 8.81. The molecular formula is C39H62O8. The summed E-state index contributed by atoms with van der Waals surface area (Å²) in [5.74, 6) is 0.299. The van der Waals surface area contributed by atoms with Crippen molar-refractivity contribution in [3.8, 4) is 0 Å². The summed E-state index contributed by atoms with van der Waals surface area (Å²) in [5, 5.41) is 23.1. The lowest BCUT2D eigenvalue weighted by molar-refractivity contribution is -0.273. The number of aldehydes is 1. The number of hydrogen-bond acceptors (Lipinski definition) is 8. The smallest absolute Gasteiger partial charge is 0.143 e. The number of unbranched alkanes of at least 4 members (excludes halogenated alkanes) is 2. The summed E-state index contributed by atoms with van der Waals surface area (Å²) < 4.78 is 34.2. The van der Waals surface area contributed by atoms with E-state index < -0.39 is 29.0 Å². The Morgan fingerprint density at radius 3 is 2.32 bits per heavy atom. The fraction of sp³-hybridized carbons (Fsp3) is 0.821. The highest BCUT2D eigenvalue weighted by Crippen LogP contribution is 2.49. The van der Waals surface area contributed by atoms with Crippen molar-refractivity contribution in [3.05, 3.63) is 36.0 Å². The van der Waals surface area contributed by atoms with Gasteiger partial charge in [-0.05, 0) is 116 Å². The van der Waals surface area contributed by atoms with Crippen LogP contribution in [0.15, 0.2) is 36.0 Å². The van der Waals surface area contributed by atoms with Gasteiger partial charge in [-0.2, -0.15) is 0 Å². The number of rotatable bonds is 10. The lowest BCUT2D eigenvalue weighted by atomic mass is 9.79. The van der Waals surface area contributed by atoms with Gasteiger partial charge in [0.2, 0.25) is 0 Å². The summed E-state index contributed by atoms with van der Waals surface area (Å²) in [4.78, 5) is 10.9. The lowest BCUT2D eigenvalue weighted by Crippen LogP contribution is -2.59. The molecule has 13 atom stereocenters. The first-order chi connectivity index (χ1) is 22.3. The molecule has 0 unspecified atom stereocenters. The van der Waals surface area contributed by atoms with Crippen LogP contribution in [0.1, 0.15) is 125 Å². The molecule has 5 aliphatic rings. The molecule has 0 aliphatic carbocycles. The first-order valence-corrected chi connectivity index (χ1v) is 18.4. The van der Waals surface area contributed by atoms with Crippen LogP contribution in [0.2, 0.25) is 0 Å². The predicted molar refractivity (Wildman–Crippen MR) is 182 cm³/mol. The summed E-state index contributed by atoms with van der Waals surface area (Å²) in [5.41, 5.74) is 0.000908. The Bertz CT molecular complexity index is 1150. The highest BCUT2D eigenvalue weighted by atomic mass is 16.6. The van der Waals surface area contributed by atoms with E-state index in [4.69, 9.17) is 23.7 Å². The Morgan fingerprint density at radius 1 is 0.872 bits per heavy atom. The van der Waals surface area contributed by atoms with Crippen molar-refractivity contribution in [1.82, 2.24) is 0 Å². The molecule has 5 saturated heterocycles. The Hall–Kier alpha value is -1.39. The third kappa shape index (κ3) is 8.33. The average molecular weight is 659 g/mol. The minimum atomic E-state index is -0.892. The van der Waals surface area contributed by atoms with Crippen molar-refractivity contribution in [2.45, 2.75) is 197 Å². The van der Waals surface area contributed by atoms with Crippen LogP contribution in [0.5, 0.6) is 0 Å². The molecule has 47 heavy (non-hydrogen) atoms. The minimum Gasteiger partial charge on any atom is -0.390 e. The number of carbonyl (C=O) groups is 1. The maximum atomic E-state index is 11.7. The van der Waals surface area contributed by atoms with Gasteiger partial charge in [0, 0.05) is 12.8 Å². The molecular weight excluding hydrogens is 596 g/mol. The Balaban J connectivity index is 1.25. The van der Waals surface area contributed by atoms with Crippen LogP contribution in [0.25, 0.3) is 0 Å². The van der Waals surface area contributed by atoms with Crippen molar-refractivity contribution in [3.63, 3.8) is 0 Å². The van der Waals surface area contributed by atoms with Crippen LogP contribution >= 0.6 is 0 Å². The molecule has 266 valence electrons. The van der Waals surface area contributed by atoms with Crippen LogP contribution in [-0.2, 0) is 28.5 Å². The molecule has 5 heterocycles. The number of ether oxygens (including phenoxy) is 5. The van der Waals surface area contributed by atoms with E-state index in [1.54, 1.807) is 6.08 Å². The van der Waals surface area contributed by atoms with Crippen LogP contribution < -0.4 is 0 Å². The molecule has 0 amide bonds. The molecule has 5 fully saturated rings. The van der Waals surface area contributed by atoms with Gasteiger partial charge in [0.1, 0.15) is 12.4 Å². The van der Waals surface area contributed by atoms with E-state index in [2.05, 4.69) is 33.4 Å². The van der Waals surface area contributed by atoms with E-state index in [1.807, 2.05) is 26.8 Å². The zero-order valence-corrected chi connectivity index (χ0v) is 29.8. The van der Waals surface area contributed by atoms with Gasteiger partial charge in [0.15, 0.2) is 0 Å². The third-order valence-corrected chi connectivity index (χ3v) is 12.2. The quantitative estimate of drug-likeness (QED) is 0.0879. The molecule has 8 heteroatoms. The number of aliphatic hydroxyl groups is 2. The summed E-state index contributed by atoms with van der Waals surface area (Å²) in [7, 11) is 0. The maximum absolute atomic E-state index is 11.7. The van der Waals surface area contributed by atoms with E-state index >= 15 is 0 Å². The number of aliphatic hydroxyl groups excluding tert-OH is 1. The maximum Gasteiger partial charge on any atom is 0.143 e. The highest BCUT2D eigenvalue weighted by Gasteiger charge is 2.58. The molecule has 0 radical (unpaired) electrons. The average Bonchev–Trinajstić information content (AvgIpc) is 3.27. The van der Waals surface area contributed by atoms with E-state index in [1.165, 1.54) is 0 Å². The molecule has 0 aromatic carbocycles. The van der Waals surface area contributed by atoms with E-state index in [9.17, 15) is 15.0 Å². The predicted octanol–water partition coefficient (Wildman–Crippen LogP) is 6.70. The standard InChI is InChI=1S/C39H62O8/c1-8-9-10-11-15-33-37(5,42)19-16-30-31(43-33)17-20-38(6)35(44-30)23-32-36(47-38)28(41)24-39(7)34(45-32)22-27(4)29(46-39)14-12-13-25(2)26(3)18-21-40/h8,13,18,21,27-36,41-42H,1,9-12,14-17,19-20,22-24H2,2-7H3/b25-13+,26-18+/t27-,28-,29-,30+,31-,32+,33+,34-,35-,36-,37+,38+,39+/m0/s1. The van der Waals surface area contributed by atoms with Gasteiger partial charge in [-0.25, -0.2) is 0 Å². The van der Waals surface area contributed by atoms with Gasteiger partial charge >= 0.3 is 0 Å². The largest absolute Gasteiger partial charge is 0.390 e. The first kappa shape index (κ1) is 36.9. The van der Waals surface area contributed by atoms with Crippen molar-refractivity contribution in [1.29, 1.82) is 0 Å². The van der Waals surface area contributed by atoms with Crippen molar-refractivity contribution in [2.24, 2.45) is 5.92 Å². The zero-order chi connectivity index (χ0) is 34.0. The van der Waals surface area contributed by atoms with Gasteiger partial charge < -0.3 is 33.9 Å². The number of fused-ring (bicyclic) bond motifs is 4. The minimum absolute atomic E-state index is 0.0506. The van der Waals surface area contributed by atoms with E-state index in [0.29, 0.717) is 25.2 Å². The van der Waals surface area contributed by atoms with E-state index in [0.717, 1.165) is 81.6 Å². The Kier molecular flexibility index (Phi) is 12.0. The van der Waals surface area contributed by atoms with Crippen LogP contribution in [0, 0.1) is 5.92 Å². The van der Waals surface area contributed by atoms with Crippen molar-refractivity contribution in [2.75, 3.05) is 0 Å². The number of hydrogen-bond donors (Lipinski definition) is 2. The van der Waals surface area contributed by atoms with Gasteiger partial charge in [-0.15, -0.1) is 6.58 Å². The second-order valence-corrected chi connectivity index (χ2v) is 16.0. The molecule has 0 aromatic rings. The molecule has 0 spiro atoms. The van der Waals surface area contributed by atoms with E-state index in [-0.39, 0.29) is 42.7 Å². The molecule has 8 nitrogen and oxygen atoms in total. The molecule has 0 bridgehead atoms. The SMILES string of the molecule is C=CCCCC[C@H]1O[C@H]2CC[C@@]3(C)O[C@H]4[C@@H](O)C[C@@]5(C)O[C@@H](CC/C=C(C)/C(C)=C/C=O)[C@@H](C)C[C@@H]5O[C@@H]4C[C@@H]3O[C@@H]2CC[C@@]1(C)O. The zero-order valence-electron chi connectivity index (χ0n) is 29.8. The molecule has 5 rings (SSSR count). The lowest BCUT2D eigenvalue weighted by Gasteiger charge is -2.49. The molecule has 5 aliphatic heterocycles. The Morgan fingerprint density at radius 2 is 1.57 bits per heavy atom. The molecule has 0 aromatic heterocycles. The molecule has 0 saturated carbocycles. The summed E-state index contributed by atoms with van der Waals surface area (Å²) in [6.45, 7) is 16.2. The van der Waals surface area contributed by atoms with Crippen LogP contribution in [0.3, 0.4) is 0 Å². The molecule has 2 N–H and O–H groups in total. The third-order valence-electron chi connectivity index (χ3n) is 12.2. The second-order valence-electron chi connectivity index (χ2n) is 16.0. The van der Waals surface area contributed by atoms with Crippen molar-refractivity contribution < 1.29 is 38.7 Å². The highest BCUT2D eigenvalue weighted by molar-refractivity contribution is 5.67. The summed E-state index contributed by atoms with van der Waals surface area (Å²) in [6, 6.07) is 0. The number of carbonyl (C=O) groups excluding carboxylic acids is 1. The topological polar surface area (TPSA) is 104 Å². The summed E-state index contributed by atoms with van der Waals surface area (Å²) >= 11 is 0. The fourth-order valence-corrected chi connectivity index (χ4v) is 8.81. The first-order valence-electron chi connectivity index (χ1n) is 18.4. The van der Waals surface area contributed by atoms with Gasteiger partial charge in [0.05, 0.1) is 65.6 Å². The Labute approximate surface area is 283 Å².